The second-order valence-corrected chi connectivity index (χ2v) is 9.18. The third-order valence-corrected chi connectivity index (χ3v) is 7.22. The van der Waals surface area contributed by atoms with Crippen LogP contribution in [0.3, 0.4) is 0 Å². The van der Waals surface area contributed by atoms with Crippen LogP contribution >= 0.6 is 11.3 Å². The quantitative estimate of drug-likeness (QED) is 0.716. The summed E-state index contributed by atoms with van der Waals surface area (Å²) in [5.41, 5.74) is 0.662. The van der Waals surface area contributed by atoms with E-state index in [-0.39, 0.29) is 22.2 Å². The van der Waals surface area contributed by atoms with Gasteiger partial charge in [-0.1, -0.05) is 17.4 Å². The molecule has 0 bridgehead atoms. The Hall–Kier alpha value is -2.30. The first-order valence-electron chi connectivity index (χ1n) is 8.89. The summed E-state index contributed by atoms with van der Waals surface area (Å²) in [7, 11) is -3.61. The predicted molar refractivity (Wildman–Crippen MR) is 105 cm³/mol. The van der Waals surface area contributed by atoms with Gasteiger partial charge >= 0.3 is 5.97 Å². The predicted octanol–water partition coefficient (Wildman–Crippen LogP) is 2.67. The third-order valence-electron chi connectivity index (χ3n) is 4.28. The van der Waals surface area contributed by atoms with Gasteiger partial charge in [0.05, 0.1) is 17.2 Å². The molecule has 1 saturated heterocycles. The monoisotopic (exact) mass is 423 g/mol. The van der Waals surface area contributed by atoms with Crippen molar-refractivity contribution in [2.75, 3.05) is 25.0 Å². The van der Waals surface area contributed by atoms with E-state index in [1.807, 2.05) is 0 Å². The van der Waals surface area contributed by atoms with Crippen LogP contribution in [0.25, 0.3) is 0 Å². The number of ether oxygens (including phenoxy) is 1. The van der Waals surface area contributed by atoms with E-state index < -0.39 is 21.9 Å². The Balaban J connectivity index is 1.79. The second-order valence-electron chi connectivity index (χ2n) is 6.25. The summed E-state index contributed by atoms with van der Waals surface area (Å²) in [6.45, 7) is 4.60. The Bertz CT molecular complexity index is 994. The van der Waals surface area contributed by atoms with Crippen molar-refractivity contribution in [2.45, 2.75) is 31.6 Å². The number of hydrogen-bond acceptors (Lipinski definition) is 7. The molecule has 8 nitrogen and oxygen atoms in total. The van der Waals surface area contributed by atoms with Crippen LogP contribution in [0.15, 0.2) is 29.2 Å². The zero-order valence-corrected chi connectivity index (χ0v) is 17.2. The number of sulfonamides is 1. The number of carbonyl (C=O) groups excluding carboxylic acids is 2. The van der Waals surface area contributed by atoms with Gasteiger partial charge in [0.25, 0.3) is 5.91 Å². The molecule has 0 unspecified atom stereocenters. The molecule has 3 rings (SSSR count). The van der Waals surface area contributed by atoms with Crippen molar-refractivity contribution >= 4 is 38.4 Å². The number of anilines is 1. The number of nitrogens with zero attached hydrogens (tertiary/aromatic N) is 2. The fourth-order valence-electron chi connectivity index (χ4n) is 2.88. The zero-order valence-electron chi connectivity index (χ0n) is 15.6. The van der Waals surface area contributed by atoms with Gasteiger partial charge in [0.1, 0.15) is 4.88 Å². The Labute approximate surface area is 167 Å². The Kier molecular flexibility index (Phi) is 6.11. The van der Waals surface area contributed by atoms with Gasteiger partial charge in [0.2, 0.25) is 10.0 Å². The molecule has 1 fully saturated rings. The lowest BCUT2D eigenvalue weighted by Crippen LogP contribution is -2.28. The molecule has 150 valence electrons. The molecule has 2 heterocycles. The number of nitrogens with one attached hydrogen (secondary N) is 1. The second kappa shape index (κ2) is 8.38. The lowest BCUT2D eigenvalue weighted by atomic mass is 10.2. The lowest BCUT2D eigenvalue weighted by molar-refractivity contribution is 0.0531. The summed E-state index contributed by atoms with van der Waals surface area (Å²) in [5.74, 6) is -0.987. The topological polar surface area (TPSA) is 106 Å². The van der Waals surface area contributed by atoms with Crippen molar-refractivity contribution in [3.63, 3.8) is 0 Å². The van der Waals surface area contributed by atoms with Gasteiger partial charge < -0.3 is 4.74 Å². The molecular weight excluding hydrogens is 402 g/mol. The van der Waals surface area contributed by atoms with E-state index in [0.717, 1.165) is 24.2 Å². The summed E-state index contributed by atoms with van der Waals surface area (Å²) in [6.07, 6.45) is 1.68. The molecule has 1 aliphatic rings. The van der Waals surface area contributed by atoms with Gasteiger partial charge in [0.15, 0.2) is 5.13 Å². The number of benzene rings is 1. The maximum atomic E-state index is 12.7. The van der Waals surface area contributed by atoms with Crippen molar-refractivity contribution in [2.24, 2.45) is 0 Å². The largest absolute Gasteiger partial charge is 0.462 e. The molecule has 1 N–H and O–H groups in total. The summed E-state index contributed by atoms with van der Waals surface area (Å²) in [4.78, 5) is 29.0. The number of thiazole rings is 1. The van der Waals surface area contributed by atoms with Crippen LogP contribution < -0.4 is 5.32 Å². The molecule has 0 atom stereocenters. The van der Waals surface area contributed by atoms with E-state index in [4.69, 9.17) is 4.74 Å². The van der Waals surface area contributed by atoms with Crippen molar-refractivity contribution in [3.8, 4) is 0 Å². The summed E-state index contributed by atoms with van der Waals surface area (Å²) in [5, 5.41) is 2.87. The average molecular weight is 424 g/mol. The number of hydrogen-bond donors (Lipinski definition) is 1. The number of aryl methyl sites for hydroxylation is 1. The first-order chi connectivity index (χ1) is 13.3. The highest BCUT2D eigenvalue weighted by atomic mass is 32.2. The summed E-state index contributed by atoms with van der Waals surface area (Å²) < 4.78 is 31.8. The maximum Gasteiger partial charge on any atom is 0.350 e. The standard InChI is InChI=1S/C18H21N3O5S2/c1-3-26-17(23)15-12(2)19-18(27-15)20-16(22)13-7-6-8-14(11-13)28(24,25)21-9-4-5-10-21/h6-8,11H,3-5,9-10H2,1-2H3,(H,19,20,22). The molecule has 0 saturated carbocycles. The molecule has 2 aromatic rings. The highest BCUT2D eigenvalue weighted by molar-refractivity contribution is 7.89. The molecule has 1 aliphatic heterocycles. The SMILES string of the molecule is CCOC(=O)c1sc(NC(=O)c2cccc(S(=O)(=O)N3CCCC3)c2)nc1C. The van der Waals surface area contributed by atoms with Gasteiger partial charge in [-0.15, -0.1) is 0 Å². The highest BCUT2D eigenvalue weighted by Gasteiger charge is 2.27. The van der Waals surface area contributed by atoms with Crippen LogP contribution in [0.5, 0.6) is 0 Å². The molecule has 0 aliphatic carbocycles. The fourth-order valence-corrected chi connectivity index (χ4v) is 5.30. The third kappa shape index (κ3) is 4.23. The lowest BCUT2D eigenvalue weighted by Gasteiger charge is -2.15. The van der Waals surface area contributed by atoms with Crippen molar-refractivity contribution in [1.29, 1.82) is 0 Å². The van der Waals surface area contributed by atoms with Gasteiger partial charge in [0, 0.05) is 18.7 Å². The van der Waals surface area contributed by atoms with E-state index in [1.54, 1.807) is 13.8 Å². The van der Waals surface area contributed by atoms with E-state index in [9.17, 15) is 18.0 Å². The number of carbonyl (C=O) groups is 2. The zero-order chi connectivity index (χ0) is 20.3. The minimum absolute atomic E-state index is 0.0876. The van der Waals surface area contributed by atoms with Crippen molar-refractivity contribution in [3.05, 3.63) is 40.4 Å². The van der Waals surface area contributed by atoms with Gasteiger partial charge in [-0.3, -0.25) is 10.1 Å². The molecule has 0 radical (unpaired) electrons. The highest BCUT2D eigenvalue weighted by Crippen LogP contribution is 2.25. The summed E-state index contributed by atoms with van der Waals surface area (Å²) >= 11 is 1.02. The summed E-state index contributed by atoms with van der Waals surface area (Å²) in [6, 6.07) is 5.91. The number of amides is 1. The molecular formula is C18H21N3O5S2. The van der Waals surface area contributed by atoms with Crippen molar-refractivity contribution < 1.29 is 22.7 Å². The van der Waals surface area contributed by atoms with Crippen LogP contribution in [-0.4, -0.2) is 49.3 Å². The van der Waals surface area contributed by atoms with Crippen LogP contribution in [-0.2, 0) is 14.8 Å². The number of rotatable bonds is 6. The smallest absolute Gasteiger partial charge is 0.350 e. The maximum absolute atomic E-state index is 12.7. The first kappa shape index (κ1) is 20.4. The van der Waals surface area contributed by atoms with Crippen LogP contribution in [0, 0.1) is 6.92 Å². The van der Waals surface area contributed by atoms with E-state index in [1.165, 1.54) is 28.6 Å². The molecule has 1 aromatic carbocycles. The Morgan fingerprint density at radius 1 is 1.29 bits per heavy atom. The van der Waals surface area contributed by atoms with Gasteiger partial charge in [-0.2, -0.15) is 4.31 Å². The first-order valence-corrected chi connectivity index (χ1v) is 11.1. The molecule has 0 spiro atoms. The van der Waals surface area contributed by atoms with Crippen molar-refractivity contribution in [1.82, 2.24) is 9.29 Å². The minimum Gasteiger partial charge on any atom is -0.462 e. The van der Waals surface area contributed by atoms with Crippen LogP contribution in [0.4, 0.5) is 5.13 Å². The minimum atomic E-state index is -3.61. The number of esters is 1. The Morgan fingerprint density at radius 3 is 2.68 bits per heavy atom. The molecule has 1 amide bonds. The average Bonchev–Trinajstić information content (AvgIpc) is 3.32. The molecule has 28 heavy (non-hydrogen) atoms. The van der Waals surface area contributed by atoms with E-state index >= 15 is 0 Å². The molecule has 1 aromatic heterocycles. The van der Waals surface area contributed by atoms with E-state index in [0.29, 0.717) is 23.7 Å². The van der Waals surface area contributed by atoms with Crippen LogP contribution in [0.1, 0.15) is 45.5 Å². The number of aromatic nitrogens is 1. The van der Waals surface area contributed by atoms with Gasteiger partial charge in [-0.05, 0) is 44.9 Å². The van der Waals surface area contributed by atoms with Crippen LogP contribution in [0.2, 0.25) is 0 Å². The normalized spacial score (nSPS) is 14.8. The Morgan fingerprint density at radius 2 is 2.00 bits per heavy atom. The fraction of sp³-hybridized carbons (Fsp3) is 0.389. The van der Waals surface area contributed by atoms with Gasteiger partial charge in [-0.25, -0.2) is 18.2 Å². The molecule has 10 heteroatoms. The van der Waals surface area contributed by atoms with E-state index in [2.05, 4.69) is 10.3 Å².